The number of rotatable bonds is 7. The van der Waals surface area contributed by atoms with Crippen LogP contribution in [-0.4, -0.2) is 66.6 Å². The number of hydrogen-bond donors (Lipinski definition) is 0. The summed E-state index contributed by atoms with van der Waals surface area (Å²) in [6.07, 6.45) is 11.7. The summed E-state index contributed by atoms with van der Waals surface area (Å²) in [5.41, 5.74) is 4.86. The molecule has 4 heterocycles. The lowest BCUT2D eigenvalue weighted by atomic mass is 10.1. The van der Waals surface area contributed by atoms with Gasteiger partial charge in [-0.3, -0.25) is 14.2 Å². The van der Waals surface area contributed by atoms with E-state index in [1.165, 1.54) is 0 Å². The van der Waals surface area contributed by atoms with Gasteiger partial charge in [0.1, 0.15) is 0 Å². The van der Waals surface area contributed by atoms with Crippen molar-refractivity contribution in [3.8, 4) is 33.6 Å². The first kappa shape index (κ1) is 21.0. The smallest absolute Gasteiger partial charge is 0.224 e. The van der Waals surface area contributed by atoms with Crippen LogP contribution in [-0.2, 0) is 23.1 Å². The first-order valence-electron chi connectivity index (χ1n) is 10.8. The zero-order valence-electron chi connectivity index (χ0n) is 18.6. The molecule has 5 rings (SSSR count). The Bertz CT molecular complexity index is 1260. The molecule has 1 fully saturated rings. The van der Waals surface area contributed by atoms with E-state index in [-0.39, 0.29) is 12.0 Å². The molecule has 1 aliphatic rings. The van der Waals surface area contributed by atoms with Gasteiger partial charge >= 0.3 is 0 Å². The van der Waals surface area contributed by atoms with Crippen molar-refractivity contribution in [1.82, 2.24) is 34.4 Å². The third-order valence-corrected chi connectivity index (χ3v) is 5.87. The molecule has 0 saturated carbocycles. The summed E-state index contributed by atoms with van der Waals surface area (Å²) in [5.74, 6) is 0.785. The molecule has 0 spiro atoms. The predicted molar refractivity (Wildman–Crippen MR) is 123 cm³/mol. The van der Waals surface area contributed by atoms with Crippen LogP contribution in [0.4, 0.5) is 0 Å². The van der Waals surface area contributed by atoms with Crippen molar-refractivity contribution in [2.75, 3.05) is 20.2 Å². The zero-order valence-corrected chi connectivity index (χ0v) is 18.6. The highest BCUT2D eigenvalue weighted by atomic mass is 16.5. The number of likely N-dealkylation sites (tertiary alicyclic amines) is 1. The van der Waals surface area contributed by atoms with E-state index in [1.54, 1.807) is 35.1 Å². The zero-order chi connectivity index (χ0) is 22.8. The number of carbonyl (C=O) groups is 1. The van der Waals surface area contributed by atoms with Crippen molar-refractivity contribution in [2.24, 2.45) is 7.05 Å². The molecule has 0 aliphatic carbocycles. The number of nitrogens with zero attached hydrogens (tertiary/aromatic N) is 7. The third kappa shape index (κ3) is 4.54. The van der Waals surface area contributed by atoms with Gasteiger partial charge in [-0.2, -0.15) is 10.2 Å². The molecule has 1 amide bonds. The number of methoxy groups -OCH3 is 1. The van der Waals surface area contributed by atoms with Crippen LogP contribution in [0.1, 0.15) is 6.42 Å². The average Bonchev–Trinajstić information content (AvgIpc) is 3.46. The maximum atomic E-state index is 12.2. The Balaban J connectivity index is 1.23. The summed E-state index contributed by atoms with van der Waals surface area (Å²) in [5, 5.41) is 8.62. The van der Waals surface area contributed by atoms with Gasteiger partial charge in [-0.1, -0.05) is 18.2 Å². The number of carbonyl (C=O) groups excluding carboxylic acids is 1. The third-order valence-electron chi connectivity index (χ3n) is 5.87. The second-order valence-electron chi connectivity index (χ2n) is 8.18. The van der Waals surface area contributed by atoms with Crippen molar-refractivity contribution in [1.29, 1.82) is 0 Å². The molecular formula is C24H25N7O2. The van der Waals surface area contributed by atoms with E-state index in [2.05, 4.69) is 26.2 Å². The number of hydrogen-bond acceptors (Lipinski definition) is 6. The van der Waals surface area contributed by atoms with E-state index in [4.69, 9.17) is 4.74 Å². The topological polar surface area (TPSA) is 91.0 Å². The number of amides is 1. The van der Waals surface area contributed by atoms with Crippen molar-refractivity contribution in [3.63, 3.8) is 0 Å². The molecule has 1 saturated heterocycles. The van der Waals surface area contributed by atoms with Gasteiger partial charge in [0.2, 0.25) is 5.91 Å². The second kappa shape index (κ2) is 8.95. The highest BCUT2D eigenvalue weighted by Gasteiger charge is 2.29. The SMILES string of the molecule is COC1CN(C(=O)CCn2cc(-c3cnc(-c4cccc(-c5cnn(C)c5)c4)nc3)cn2)C1. The first-order valence-corrected chi connectivity index (χ1v) is 10.8. The van der Waals surface area contributed by atoms with Crippen molar-refractivity contribution in [3.05, 3.63) is 61.4 Å². The molecule has 0 unspecified atom stereocenters. The molecule has 3 aromatic heterocycles. The lowest BCUT2D eigenvalue weighted by Gasteiger charge is -2.38. The van der Waals surface area contributed by atoms with Crippen LogP contribution in [0.25, 0.3) is 33.6 Å². The fraction of sp³-hybridized carbons (Fsp3) is 0.292. The van der Waals surface area contributed by atoms with Gasteiger partial charge < -0.3 is 9.64 Å². The molecule has 9 nitrogen and oxygen atoms in total. The molecule has 1 aromatic carbocycles. The van der Waals surface area contributed by atoms with Gasteiger partial charge in [0.15, 0.2) is 5.82 Å². The molecule has 1 aliphatic heterocycles. The highest BCUT2D eigenvalue weighted by Crippen LogP contribution is 2.25. The number of benzene rings is 1. The molecule has 168 valence electrons. The molecule has 33 heavy (non-hydrogen) atoms. The van der Waals surface area contributed by atoms with E-state index in [0.29, 0.717) is 31.9 Å². The van der Waals surface area contributed by atoms with E-state index in [9.17, 15) is 4.79 Å². The summed E-state index contributed by atoms with van der Waals surface area (Å²) < 4.78 is 8.79. The standard InChI is InChI=1S/C24H25N7O2/c1-29-13-20(11-27-29)17-4-3-5-18(8-17)24-25-9-19(10-26-24)21-12-28-31(14-21)7-6-23(32)30-15-22(16-30)33-2/h3-5,8-14,22H,6-7,15-16H2,1-2H3. The Morgan fingerprint density at radius 3 is 2.42 bits per heavy atom. The van der Waals surface area contributed by atoms with Crippen LogP contribution in [0.3, 0.4) is 0 Å². The van der Waals surface area contributed by atoms with Gasteiger partial charge in [0.05, 0.1) is 18.5 Å². The number of aryl methyl sites for hydroxylation is 2. The summed E-state index contributed by atoms with van der Waals surface area (Å²) in [6, 6.07) is 8.10. The maximum absolute atomic E-state index is 12.2. The van der Waals surface area contributed by atoms with Gasteiger partial charge in [-0.15, -0.1) is 0 Å². The molecule has 0 atom stereocenters. The van der Waals surface area contributed by atoms with Crippen LogP contribution >= 0.6 is 0 Å². The Kier molecular flexibility index (Phi) is 5.70. The van der Waals surface area contributed by atoms with Crippen molar-refractivity contribution in [2.45, 2.75) is 19.1 Å². The van der Waals surface area contributed by atoms with E-state index in [0.717, 1.165) is 27.8 Å². The fourth-order valence-corrected chi connectivity index (χ4v) is 3.83. The molecule has 0 radical (unpaired) electrons. The quantitative estimate of drug-likeness (QED) is 0.436. The summed E-state index contributed by atoms with van der Waals surface area (Å²) in [7, 11) is 3.58. The van der Waals surface area contributed by atoms with Crippen LogP contribution in [0.2, 0.25) is 0 Å². The van der Waals surface area contributed by atoms with Crippen LogP contribution in [0, 0.1) is 0 Å². The van der Waals surface area contributed by atoms with Gasteiger partial charge in [0, 0.05) is 87.3 Å². The Morgan fingerprint density at radius 2 is 1.70 bits per heavy atom. The first-order chi connectivity index (χ1) is 16.1. The predicted octanol–water partition coefficient (Wildman–Crippen LogP) is 2.65. The highest BCUT2D eigenvalue weighted by molar-refractivity contribution is 5.77. The van der Waals surface area contributed by atoms with E-state index < -0.39 is 0 Å². The van der Waals surface area contributed by atoms with Crippen molar-refractivity contribution < 1.29 is 9.53 Å². The summed E-state index contributed by atoms with van der Waals surface area (Å²) >= 11 is 0. The lowest BCUT2D eigenvalue weighted by molar-refractivity contribution is -0.143. The summed E-state index contributed by atoms with van der Waals surface area (Å²) in [6.45, 7) is 1.89. The van der Waals surface area contributed by atoms with E-state index >= 15 is 0 Å². The monoisotopic (exact) mass is 443 g/mol. The normalized spacial score (nSPS) is 13.8. The van der Waals surface area contributed by atoms with Crippen LogP contribution in [0.5, 0.6) is 0 Å². The number of ether oxygens (including phenoxy) is 1. The molecule has 0 bridgehead atoms. The largest absolute Gasteiger partial charge is 0.378 e. The second-order valence-corrected chi connectivity index (χ2v) is 8.18. The fourth-order valence-electron chi connectivity index (χ4n) is 3.83. The molecule has 9 heteroatoms. The Morgan fingerprint density at radius 1 is 0.970 bits per heavy atom. The Hall–Kier alpha value is -3.85. The Labute approximate surface area is 191 Å². The van der Waals surface area contributed by atoms with Crippen LogP contribution in [0.15, 0.2) is 61.4 Å². The minimum atomic E-state index is 0.126. The van der Waals surface area contributed by atoms with Gasteiger partial charge in [0.25, 0.3) is 0 Å². The minimum absolute atomic E-state index is 0.126. The maximum Gasteiger partial charge on any atom is 0.224 e. The molecule has 0 N–H and O–H groups in total. The summed E-state index contributed by atoms with van der Waals surface area (Å²) in [4.78, 5) is 23.2. The number of aromatic nitrogens is 6. The minimum Gasteiger partial charge on any atom is -0.378 e. The lowest BCUT2D eigenvalue weighted by Crippen LogP contribution is -2.54. The molecule has 4 aromatic rings. The van der Waals surface area contributed by atoms with Crippen LogP contribution < -0.4 is 0 Å². The van der Waals surface area contributed by atoms with Crippen molar-refractivity contribution >= 4 is 5.91 Å². The molecular weight excluding hydrogens is 418 g/mol. The van der Waals surface area contributed by atoms with Gasteiger partial charge in [-0.25, -0.2) is 9.97 Å². The average molecular weight is 444 g/mol. The van der Waals surface area contributed by atoms with Gasteiger partial charge in [-0.05, 0) is 11.6 Å². The van der Waals surface area contributed by atoms with E-state index in [1.807, 2.05) is 48.7 Å².